The highest BCUT2D eigenvalue weighted by molar-refractivity contribution is 6.39. The van der Waals surface area contributed by atoms with Gasteiger partial charge in [0.1, 0.15) is 0 Å². The van der Waals surface area contributed by atoms with Crippen molar-refractivity contribution in [1.82, 2.24) is 4.57 Å². The van der Waals surface area contributed by atoms with Gasteiger partial charge in [0.2, 0.25) is 5.91 Å². The predicted molar refractivity (Wildman–Crippen MR) is 138 cm³/mol. The molecule has 2 N–H and O–H groups in total. The second kappa shape index (κ2) is 8.58. The number of fused-ring (bicyclic) bond motifs is 3. The highest BCUT2D eigenvalue weighted by Gasteiger charge is 2.18. The Morgan fingerprint density at radius 1 is 0.848 bits per heavy atom. The lowest BCUT2D eigenvalue weighted by Gasteiger charge is -2.11. The lowest BCUT2D eigenvalue weighted by atomic mass is 10.0. The number of aryl methyl sites for hydroxylation is 1. The molecule has 0 aliphatic heterocycles. The molecule has 0 saturated carbocycles. The van der Waals surface area contributed by atoms with Gasteiger partial charge in [-0.1, -0.05) is 78.7 Å². The molecule has 5 aromatic rings. The molecular formula is C28H22Cl2N2O. The summed E-state index contributed by atoms with van der Waals surface area (Å²) in [5.74, 6) is -0.440. The molecule has 33 heavy (non-hydrogen) atoms. The van der Waals surface area contributed by atoms with Crippen LogP contribution < -0.4 is 5.73 Å². The van der Waals surface area contributed by atoms with Crippen LogP contribution in [0.2, 0.25) is 10.0 Å². The van der Waals surface area contributed by atoms with Crippen molar-refractivity contribution in [2.75, 3.05) is 0 Å². The molecule has 0 atom stereocenters. The molecule has 0 fully saturated rings. The number of nitrogens with two attached hydrogens (primary N) is 1. The van der Waals surface area contributed by atoms with Gasteiger partial charge in [-0.25, -0.2) is 0 Å². The maximum Gasteiger partial charge on any atom is 0.249 e. The maximum absolute atomic E-state index is 12.3. The predicted octanol–water partition coefficient (Wildman–Crippen LogP) is 7.48. The van der Waals surface area contributed by atoms with Gasteiger partial charge in [-0.15, -0.1) is 0 Å². The zero-order valence-electron chi connectivity index (χ0n) is 18.1. The number of rotatable bonds is 5. The number of benzene rings is 4. The van der Waals surface area contributed by atoms with E-state index in [0.717, 1.165) is 39.4 Å². The van der Waals surface area contributed by atoms with Gasteiger partial charge in [0, 0.05) is 38.5 Å². The number of aromatic nitrogens is 1. The molecule has 0 bridgehead atoms. The highest BCUT2D eigenvalue weighted by atomic mass is 35.5. The van der Waals surface area contributed by atoms with Crippen molar-refractivity contribution in [1.29, 1.82) is 0 Å². The Morgan fingerprint density at radius 2 is 1.52 bits per heavy atom. The molecule has 1 amide bonds. The van der Waals surface area contributed by atoms with E-state index in [9.17, 15) is 4.79 Å². The third-order valence-corrected chi connectivity index (χ3v) is 6.81. The van der Waals surface area contributed by atoms with Crippen LogP contribution in [0.4, 0.5) is 0 Å². The fourth-order valence-electron chi connectivity index (χ4n) is 4.51. The van der Waals surface area contributed by atoms with Crippen LogP contribution in [0.5, 0.6) is 0 Å². The molecule has 3 nitrogen and oxygen atoms in total. The molecule has 4 aromatic carbocycles. The average Bonchev–Trinajstić information content (AvgIpc) is 3.12. The van der Waals surface area contributed by atoms with Crippen molar-refractivity contribution in [2.24, 2.45) is 5.73 Å². The van der Waals surface area contributed by atoms with Crippen LogP contribution in [0.3, 0.4) is 0 Å². The van der Waals surface area contributed by atoms with E-state index in [4.69, 9.17) is 28.9 Å². The van der Waals surface area contributed by atoms with Crippen molar-refractivity contribution in [3.05, 3.63) is 106 Å². The van der Waals surface area contributed by atoms with Crippen LogP contribution in [0.25, 0.3) is 32.9 Å². The van der Waals surface area contributed by atoms with Crippen molar-refractivity contribution < 1.29 is 4.79 Å². The van der Waals surface area contributed by atoms with Gasteiger partial charge in [0.25, 0.3) is 0 Å². The van der Waals surface area contributed by atoms with Crippen LogP contribution in [0.1, 0.15) is 28.4 Å². The first kappa shape index (κ1) is 21.6. The Hall–Kier alpha value is -3.27. The van der Waals surface area contributed by atoms with Gasteiger partial charge >= 0.3 is 0 Å². The number of nitrogens with zero attached hydrogens (tertiary/aromatic N) is 1. The summed E-state index contributed by atoms with van der Waals surface area (Å²) in [6.45, 7) is 2.81. The second-order valence-electron chi connectivity index (χ2n) is 8.15. The van der Waals surface area contributed by atoms with Crippen molar-refractivity contribution in [3.63, 3.8) is 0 Å². The van der Waals surface area contributed by atoms with Crippen LogP contribution >= 0.6 is 23.2 Å². The first-order valence-electron chi connectivity index (χ1n) is 10.8. The summed E-state index contributed by atoms with van der Waals surface area (Å²) in [5.41, 5.74) is 12.4. The van der Waals surface area contributed by atoms with Crippen LogP contribution in [-0.2, 0) is 13.0 Å². The van der Waals surface area contributed by atoms with Gasteiger partial charge in [0.15, 0.2) is 0 Å². The number of carbonyl (C=O) groups excluding carboxylic acids is 1. The molecule has 5 heteroatoms. The summed E-state index contributed by atoms with van der Waals surface area (Å²) >= 11 is 13.0. The first-order valence-corrected chi connectivity index (χ1v) is 11.6. The molecule has 0 saturated heterocycles. The molecule has 164 valence electrons. The minimum atomic E-state index is -0.440. The zero-order valence-corrected chi connectivity index (χ0v) is 19.6. The van der Waals surface area contributed by atoms with E-state index in [0.29, 0.717) is 22.2 Å². The van der Waals surface area contributed by atoms with Crippen molar-refractivity contribution in [2.45, 2.75) is 19.9 Å². The fourth-order valence-corrected chi connectivity index (χ4v) is 5.13. The van der Waals surface area contributed by atoms with E-state index >= 15 is 0 Å². The number of amides is 1. The van der Waals surface area contributed by atoms with Gasteiger partial charge < -0.3 is 10.3 Å². The van der Waals surface area contributed by atoms with Crippen molar-refractivity contribution >= 4 is 50.9 Å². The number of primary amides is 1. The molecule has 0 aliphatic carbocycles. The Kier molecular flexibility index (Phi) is 5.61. The zero-order chi connectivity index (χ0) is 23.1. The smallest absolute Gasteiger partial charge is 0.249 e. The molecule has 0 aliphatic rings. The Bertz CT molecular complexity index is 1500. The minimum Gasteiger partial charge on any atom is -0.366 e. The molecule has 0 radical (unpaired) electrons. The van der Waals surface area contributed by atoms with Crippen LogP contribution in [-0.4, -0.2) is 10.5 Å². The Balaban J connectivity index is 1.79. The van der Waals surface area contributed by atoms with E-state index in [1.807, 2.05) is 42.5 Å². The van der Waals surface area contributed by atoms with Gasteiger partial charge in [-0.05, 0) is 53.4 Å². The van der Waals surface area contributed by atoms with Crippen LogP contribution in [0.15, 0.2) is 78.9 Å². The summed E-state index contributed by atoms with van der Waals surface area (Å²) in [5, 5.41) is 3.02. The van der Waals surface area contributed by atoms with Crippen LogP contribution in [0, 0.1) is 0 Å². The lowest BCUT2D eigenvalue weighted by Crippen LogP contribution is -2.11. The quantitative estimate of drug-likeness (QED) is 0.283. The summed E-state index contributed by atoms with van der Waals surface area (Å²) in [4.78, 5) is 12.3. The monoisotopic (exact) mass is 472 g/mol. The van der Waals surface area contributed by atoms with Gasteiger partial charge in [-0.3, -0.25) is 4.79 Å². The maximum atomic E-state index is 12.3. The fraction of sp³-hybridized carbons (Fsp3) is 0.107. The van der Waals surface area contributed by atoms with E-state index in [1.165, 1.54) is 11.1 Å². The standard InChI is InChI=1S/C28H22Cl2N2O/c1-2-17-9-11-18(12-10-17)16-32-24-8-3-5-21(28(31)33)27(24)20-14-13-19(15-25(20)32)26-22(29)6-4-7-23(26)30/h3-15H,2,16H2,1H3,(H2,31,33). The lowest BCUT2D eigenvalue weighted by molar-refractivity contribution is 0.100. The Labute approximate surface area is 202 Å². The van der Waals surface area contributed by atoms with E-state index in [2.05, 4.69) is 41.8 Å². The van der Waals surface area contributed by atoms with E-state index in [1.54, 1.807) is 6.07 Å². The summed E-state index contributed by atoms with van der Waals surface area (Å²) < 4.78 is 2.23. The third kappa shape index (κ3) is 3.78. The third-order valence-electron chi connectivity index (χ3n) is 6.18. The van der Waals surface area contributed by atoms with Gasteiger partial charge in [0.05, 0.1) is 11.0 Å². The second-order valence-corrected chi connectivity index (χ2v) is 8.96. The minimum absolute atomic E-state index is 0.440. The number of hydrogen-bond acceptors (Lipinski definition) is 1. The van der Waals surface area contributed by atoms with Crippen molar-refractivity contribution in [3.8, 4) is 11.1 Å². The molecule has 0 unspecified atom stereocenters. The highest BCUT2D eigenvalue weighted by Crippen LogP contribution is 2.39. The topological polar surface area (TPSA) is 48.0 Å². The van der Waals surface area contributed by atoms with Gasteiger partial charge in [-0.2, -0.15) is 0 Å². The SMILES string of the molecule is CCc1ccc(Cn2c3cc(-c4c(Cl)cccc4Cl)ccc3c3c(C(N)=O)cccc32)cc1. The molecule has 1 aromatic heterocycles. The number of hydrogen-bond donors (Lipinski definition) is 1. The summed E-state index contributed by atoms with van der Waals surface area (Å²) in [7, 11) is 0. The normalized spacial score (nSPS) is 11.4. The first-order chi connectivity index (χ1) is 16.0. The summed E-state index contributed by atoms with van der Waals surface area (Å²) in [6.07, 6.45) is 1.000. The molecule has 1 heterocycles. The largest absolute Gasteiger partial charge is 0.366 e. The molecule has 0 spiro atoms. The van der Waals surface area contributed by atoms with E-state index in [-0.39, 0.29) is 0 Å². The number of carbonyl (C=O) groups is 1. The number of halogens is 2. The Morgan fingerprint density at radius 3 is 2.18 bits per heavy atom. The molecular weight excluding hydrogens is 451 g/mol. The average molecular weight is 473 g/mol. The molecule has 5 rings (SSSR count). The summed E-state index contributed by atoms with van der Waals surface area (Å²) in [6, 6.07) is 25.9. The van der Waals surface area contributed by atoms with E-state index < -0.39 is 5.91 Å².